The Morgan fingerprint density at radius 2 is 2.00 bits per heavy atom. The smallest absolute Gasteiger partial charge is 0.315 e. The third kappa shape index (κ3) is 4.11. The lowest BCUT2D eigenvalue weighted by atomic mass is 9.94. The van der Waals surface area contributed by atoms with Crippen LogP contribution in [-0.2, 0) is 6.42 Å². The van der Waals surface area contributed by atoms with Crippen LogP contribution < -0.4 is 16.0 Å². The van der Waals surface area contributed by atoms with Crippen molar-refractivity contribution in [1.29, 1.82) is 0 Å². The molecular formula is C16H19N3O2S2. The van der Waals surface area contributed by atoms with Crippen molar-refractivity contribution in [3.63, 3.8) is 0 Å². The fourth-order valence-corrected chi connectivity index (χ4v) is 4.32. The summed E-state index contributed by atoms with van der Waals surface area (Å²) in [5.74, 6) is -0.0996. The minimum Gasteiger partial charge on any atom is -0.350 e. The summed E-state index contributed by atoms with van der Waals surface area (Å²) in [4.78, 5) is 25.8. The Morgan fingerprint density at radius 1 is 1.13 bits per heavy atom. The summed E-state index contributed by atoms with van der Waals surface area (Å²) in [5, 5.41) is 12.6. The molecule has 0 aliphatic heterocycles. The third-order valence-corrected chi connectivity index (χ3v) is 5.66. The van der Waals surface area contributed by atoms with Crippen LogP contribution in [0.2, 0.25) is 0 Å². The van der Waals surface area contributed by atoms with Gasteiger partial charge < -0.3 is 16.0 Å². The van der Waals surface area contributed by atoms with E-state index in [-0.39, 0.29) is 18.0 Å². The molecule has 1 aliphatic rings. The zero-order chi connectivity index (χ0) is 16.1. The van der Waals surface area contributed by atoms with E-state index >= 15 is 0 Å². The molecule has 2 heterocycles. The van der Waals surface area contributed by atoms with E-state index in [1.165, 1.54) is 21.8 Å². The molecule has 3 N–H and O–H groups in total. The third-order valence-electron chi connectivity index (χ3n) is 3.80. The van der Waals surface area contributed by atoms with Crippen molar-refractivity contribution in [2.24, 2.45) is 0 Å². The molecule has 0 saturated heterocycles. The quantitative estimate of drug-likeness (QED) is 0.727. The molecule has 5 nitrogen and oxygen atoms in total. The normalized spacial score (nSPS) is 16.4. The van der Waals surface area contributed by atoms with Crippen LogP contribution in [-0.4, -0.2) is 25.0 Å². The van der Waals surface area contributed by atoms with Crippen LogP contribution in [0.25, 0.3) is 0 Å². The zero-order valence-corrected chi connectivity index (χ0v) is 14.3. The number of urea groups is 1. The average molecular weight is 349 g/mol. The molecule has 2 aromatic rings. The van der Waals surface area contributed by atoms with Crippen molar-refractivity contribution in [2.45, 2.75) is 25.3 Å². The van der Waals surface area contributed by atoms with Gasteiger partial charge >= 0.3 is 6.03 Å². The van der Waals surface area contributed by atoms with E-state index in [4.69, 9.17) is 0 Å². The predicted octanol–water partition coefficient (Wildman–Crippen LogP) is 2.92. The molecule has 0 bridgehead atoms. The molecule has 0 unspecified atom stereocenters. The van der Waals surface area contributed by atoms with E-state index in [9.17, 15) is 9.59 Å². The Hall–Kier alpha value is -1.86. The summed E-state index contributed by atoms with van der Waals surface area (Å²) in [6, 6.07) is 5.64. The zero-order valence-electron chi connectivity index (χ0n) is 12.6. The first-order valence-corrected chi connectivity index (χ1v) is 9.42. The molecule has 23 heavy (non-hydrogen) atoms. The number of hydrogen-bond donors (Lipinski definition) is 3. The summed E-state index contributed by atoms with van der Waals surface area (Å²) in [6.07, 6.45) is 3.20. The van der Waals surface area contributed by atoms with Crippen LogP contribution in [0.4, 0.5) is 4.79 Å². The van der Waals surface area contributed by atoms with E-state index in [1.54, 1.807) is 17.4 Å². The lowest BCUT2D eigenvalue weighted by Crippen LogP contribution is -2.42. The summed E-state index contributed by atoms with van der Waals surface area (Å²) >= 11 is 3.16. The molecule has 1 atom stereocenters. The topological polar surface area (TPSA) is 70.2 Å². The number of hydrogen-bond acceptors (Lipinski definition) is 4. The fourth-order valence-electron chi connectivity index (χ4n) is 2.69. The molecule has 0 fully saturated rings. The Balaban J connectivity index is 1.38. The second-order valence-corrected chi connectivity index (χ2v) is 7.33. The van der Waals surface area contributed by atoms with Gasteiger partial charge in [0, 0.05) is 18.0 Å². The van der Waals surface area contributed by atoms with Crippen LogP contribution in [0.3, 0.4) is 0 Å². The Morgan fingerprint density at radius 3 is 2.83 bits per heavy atom. The van der Waals surface area contributed by atoms with E-state index in [0.717, 1.165) is 19.3 Å². The van der Waals surface area contributed by atoms with Gasteiger partial charge in [-0.15, -0.1) is 22.7 Å². The molecule has 122 valence electrons. The van der Waals surface area contributed by atoms with Gasteiger partial charge in [0.25, 0.3) is 5.91 Å². The number of carbonyl (C=O) groups excluding carboxylic acids is 2. The van der Waals surface area contributed by atoms with E-state index < -0.39 is 0 Å². The SMILES string of the molecule is O=C(NCCNC(=O)c1cccs1)N[C@@H]1CCCc2sccc21. The van der Waals surface area contributed by atoms with Crippen molar-refractivity contribution >= 4 is 34.6 Å². The fraction of sp³-hybridized carbons (Fsp3) is 0.375. The molecule has 3 amide bonds. The van der Waals surface area contributed by atoms with Crippen LogP contribution in [0.5, 0.6) is 0 Å². The maximum absolute atomic E-state index is 12.0. The maximum Gasteiger partial charge on any atom is 0.315 e. The predicted molar refractivity (Wildman–Crippen MR) is 93.2 cm³/mol. The van der Waals surface area contributed by atoms with Crippen LogP contribution in [0.1, 0.15) is 39.0 Å². The first-order valence-electron chi connectivity index (χ1n) is 7.66. The molecular weight excluding hydrogens is 330 g/mol. The number of rotatable bonds is 5. The Kier molecular flexibility index (Phi) is 5.30. The highest BCUT2D eigenvalue weighted by molar-refractivity contribution is 7.12. The molecule has 0 spiro atoms. The van der Waals surface area contributed by atoms with Gasteiger partial charge in [0.15, 0.2) is 0 Å². The lowest BCUT2D eigenvalue weighted by Gasteiger charge is -2.23. The summed E-state index contributed by atoms with van der Waals surface area (Å²) < 4.78 is 0. The molecule has 7 heteroatoms. The van der Waals surface area contributed by atoms with Crippen LogP contribution >= 0.6 is 22.7 Å². The van der Waals surface area contributed by atoms with Crippen LogP contribution in [0, 0.1) is 0 Å². The van der Waals surface area contributed by atoms with E-state index in [1.807, 2.05) is 11.4 Å². The maximum atomic E-state index is 12.0. The van der Waals surface area contributed by atoms with E-state index in [2.05, 4.69) is 27.4 Å². The van der Waals surface area contributed by atoms with Gasteiger partial charge in [-0.2, -0.15) is 0 Å². The standard InChI is InChI=1S/C16H19N3O2S2/c20-15(14-5-2-9-22-14)17-7-8-18-16(21)19-12-3-1-4-13-11(12)6-10-23-13/h2,5-6,9-10,12H,1,3-4,7-8H2,(H,17,20)(H2,18,19,21)/t12-/m1/s1. The number of amides is 3. The number of thiophene rings is 2. The molecule has 3 rings (SSSR count). The van der Waals surface area contributed by atoms with Gasteiger partial charge in [-0.3, -0.25) is 4.79 Å². The molecule has 0 radical (unpaired) electrons. The second-order valence-electron chi connectivity index (χ2n) is 5.38. The largest absolute Gasteiger partial charge is 0.350 e. The number of fused-ring (bicyclic) bond motifs is 1. The van der Waals surface area contributed by atoms with Gasteiger partial charge in [-0.25, -0.2) is 4.79 Å². The molecule has 2 aromatic heterocycles. The lowest BCUT2D eigenvalue weighted by molar-refractivity contribution is 0.0958. The van der Waals surface area contributed by atoms with Crippen LogP contribution in [0.15, 0.2) is 29.0 Å². The van der Waals surface area contributed by atoms with Crippen molar-refractivity contribution in [3.05, 3.63) is 44.3 Å². The van der Waals surface area contributed by atoms with E-state index in [0.29, 0.717) is 18.0 Å². The number of nitrogens with one attached hydrogen (secondary N) is 3. The number of carbonyl (C=O) groups is 2. The van der Waals surface area contributed by atoms with Crippen molar-refractivity contribution in [2.75, 3.05) is 13.1 Å². The minimum absolute atomic E-state index is 0.0996. The molecule has 0 aromatic carbocycles. The van der Waals surface area contributed by atoms with Crippen molar-refractivity contribution in [1.82, 2.24) is 16.0 Å². The first kappa shape index (κ1) is 16.0. The van der Waals surface area contributed by atoms with Gasteiger partial charge in [0.1, 0.15) is 0 Å². The highest BCUT2D eigenvalue weighted by atomic mass is 32.1. The van der Waals surface area contributed by atoms with Crippen molar-refractivity contribution in [3.8, 4) is 0 Å². The highest BCUT2D eigenvalue weighted by Gasteiger charge is 2.22. The van der Waals surface area contributed by atoms with Gasteiger partial charge in [-0.1, -0.05) is 6.07 Å². The summed E-state index contributed by atoms with van der Waals surface area (Å²) in [6.45, 7) is 0.824. The van der Waals surface area contributed by atoms with Gasteiger partial charge in [-0.05, 0) is 47.7 Å². The average Bonchev–Trinajstić information content (AvgIpc) is 3.22. The number of aryl methyl sites for hydroxylation is 1. The Bertz CT molecular complexity index is 667. The molecule has 1 aliphatic carbocycles. The summed E-state index contributed by atoms with van der Waals surface area (Å²) in [7, 11) is 0. The van der Waals surface area contributed by atoms with Gasteiger partial charge in [0.2, 0.25) is 0 Å². The minimum atomic E-state index is -0.181. The Labute approximate surface area is 143 Å². The second kappa shape index (κ2) is 7.61. The van der Waals surface area contributed by atoms with Crippen molar-refractivity contribution < 1.29 is 9.59 Å². The molecule has 0 saturated carbocycles. The monoisotopic (exact) mass is 349 g/mol. The highest BCUT2D eigenvalue weighted by Crippen LogP contribution is 2.33. The summed E-state index contributed by atoms with van der Waals surface area (Å²) in [5.41, 5.74) is 1.25. The van der Waals surface area contributed by atoms with Gasteiger partial charge in [0.05, 0.1) is 10.9 Å². The first-order chi connectivity index (χ1) is 11.2.